The van der Waals surface area contributed by atoms with Gasteiger partial charge in [-0.25, -0.2) is 0 Å². The summed E-state index contributed by atoms with van der Waals surface area (Å²) in [5.74, 6) is 0.713. The summed E-state index contributed by atoms with van der Waals surface area (Å²) in [6.07, 6.45) is 1.67. The molecule has 6 nitrogen and oxygen atoms in total. The van der Waals surface area contributed by atoms with Gasteiger partial charge < -0.3 is 10.4 Å². The number of rotatable bonds is 3. The second kappa shape index (κ2) is 3.62. The fraction of sp³-hybridized carbons (Fsp3) is 0.875. The first-order valence-corrected chi connectivity index (χ1v) is 4.79. The van der Waals surface area contributed by atoms with E-state index in [2.05, 4.69) is 20.7 Å². The molecule has 2 rings (SSSR count). The third kappa shape index (κ3) is 1.76. The Labute approximate surface area is 82.3 Å². The van der Waals surface area contributed by atoms with E-state index in [1.54, 1.807) is 7.05 Å². The number of nitrogens with zero attached hydrogens (tertiary/aromatic N) is 4. The van der Waals surface area contributed by atoms with Gasteiger partial charge in [-0.05, 0) is 18.2 Å². The molecule has 1 saturated heterocycles. The molecule has 1 fully saturated rings. The van der Waals surface area contributed by atoms with Crippen LogP contribution in [0.25, 0.3) is 0 Å². The molecule has 2 heterocycles. The van der Waals surface area contributed by atoms with Gasteiger partial charge in [-0.1, -0.05) is 0 Å². The van der Waals surface area contributed by atoms with Crippen LogP contribution >= 0.6 is 0 Å². The molecule has 0 aromatic carbocycles. The Morgan fingerprint density at radius 1 is 1.64 bits per heavy atom. The lowest BCUT2D eigenvalue weighted by Crippen LogP contribution is -2.31. The van der Waals surface area contributed by atoms with E-state index in [-0.39, 0.29) is 12.0 Å². The van der Waals surface area contributed by atoms with Gasteiger partial charge in [0.1, 0.15) is 0 Å². The van der Waals surface area contributed by atoms with Crippen LogP contribution in [0.4, 0.5) is 0 Å². The highest BCUT2D eigenvalue weighted by molar-refractivity contribution is 4.95. The summed E-state index contributed by atoms with van der Waals surface area (Å²) in [6.45, 7) is 1.97. The first kappa shape index (κ1) is 9.54. The quantitative estimate of drug-likeness (QED) is 0.631. The van der Waals surface area contributed by atoms with Crippen molar-refractivity contribution in [2.45, 2.75) is 12.8 Å². The van der Waals surface area contributed by atoms with E-state index < -0.39 is 0 Å². The molecule has 1 unspecified atom stereocenters. The van der Waals surface area contributed by atoms with Crippen LogP contribution in [0.5, 0.6) is 0 Å². The molecule has 78 valence electrons. The summed E-state index contributed by atoms with van der Waals surface area (Å²) in [5, 5.41) is 24.4. The number of hydrogen-bond acceptors (Lipinski definition) is 5. The van der Waals surface area contributed by atoms with Crippen molar-refractivity contribution in [2.24, 2.45) is 12.5 Å². The van der Waals surface area contributed by atoms with Crippen LogP contribution < -0.4 is 5.32 Å². The zero-order valence-electron chi connectivity index (χ0n) is 8.27. The maximum Gasteiger partial charge on any atom is 0.175 e. The normalized spacial score (nSPS) is 27.0. The molecule has 6 heteroatoms. The molecular weight excluding hydrogens is 182 g/mol. The van der Waals surface area contributed by atoms with Gasteiger partial charge in [-0.15, -0.1) is 10.2 Å². The average molecular weight is 197 g/mol. The zero-order valence-corrected chi connectivity index (χ0v) is 8.27. The summed E-state index contributed by atoms with van der Waals surface area (Å²) in [7, 11) is 1.75. The van der Waals surface area contributed by atoms with Crippen LogP contribution in [0.3, 0.4) is 0 Å². The van der Waals surface area contributed by atoms with Crippen molar-refractivity contribution >= 4 is 0 Å². The van der Waals surface area contributed by atoms with Gasteiger partial charge in [0.05, 0.1) is 13.7 Å². The van der Waals surface area contributed by atoms with Crippen LogP contribution in [0.2, 0.25) is 0 Å². The number of nitrogens with one attached hydrogen (secondary N) is 1. The molecule has 1 aliphatic rings. The fourth-order valence-electron chi connectivity index (χ4n) is 1.87. The van der Waals surface area contributed by atoms with Crippen LogP contribution in [0.1, 0.15) is 12.2 Å². The molecule has 1 atom stereocenters. The summed E-state index contributed by atoms with van der Waals surface area (Å²) in [5.41, 5.74) is -0.0803. The van der Waals surface area contributed by atoms with Gasteiger partial charge in [0.15, 0.2) is 5.82 Å². The molecule has 1 aliphatic heterocycles. The predicted octanol–water partition coefficient (Wildman–Crippen LogP) is -1.28. The Morgan fingerprint density at radius 2 is 2.50 bits per heavy atom. The molecular formula is C8H15N5O. The van der Waals surface area contributed by atoms with E-state index in [0.29, 0.717) is 12.2 Å². The maximum atomic E-state index is 9.36. The molecule has 0 saturated carbocycles. The first-order valence-electron chi connectivity index (χ1n) is 4.79. The largest absolute Gasteiger partial charge is 0.396 e. The lowest BCUT2D eigenvalue weighted by atomic mass is 9.84. The van der Waals surface area contributed by atoms with E-state index in [4.69, 9.17) is 0 Å². The molecule has 14 heavy (non-hydrogen) atoms. The third-order valence-corrected chi connectivity index (χ3v) is 2.75. The van der Waals surface area contributed by atoms with Gasteiger partial charge in [0.25, 0.3) is 0 Å². The van der Waals surface area contributed by atoms with Gasteiger partial charge in [-0.3, -0.25) is 0 Å². The maximum absolute atomic E-state index is 9.36. The summed E-state index contributed by atoms with van der Waals surface area (Å²) in [4.78, 5) is 1.45. The van der Waals surface area contributed by atoms with E-state index in [1.807, 2.05) is 0 Å². The Bertz CT molecular complexity index is 304. The molecule has 0 amide bonds. The van der Waals surface area contributed by atoms with Crippen molar-refractivity contribution < 1.29 is 5.11 Å². The molecule has 0 radical (unpaired) electrons. The lowest BCUT2D eigenvalue weighted by Gasteiger charge is -2.23. The van der Waals surface area contributed by atoms with Crippen molar-refractivity contribution in [2.75, 3.05) is 19.7 Å². The number of aromatic nitrogens is 4. The van der Waals surface area contributed by atoms with E-state index >= 15 is 0 Å². The van der Waals surface area contributed by atoms with Crippen LogP contribution in [0.15, 0.2) is 0 Å². The molecule has 2 N–H and O–H groups in total. The Balaban J connectivity index is 2.08. The predicted molar refractivity (Wildman–Crippen MR) is 49.5 cm³/mol. The summed E-state index contributed by atoms with van der Waals surface area (Å²) in [6, 6.07) is 0. The van der Waals surface area contributed by atoms with Crippen molar-refractivity contribution in [3.63, 3.8) is 0 Å². The third-order valence-electron chi connectivity index (χ3n) is 2.75. The summed E-state index contributed by atoms with van der Waals surface area (Å²) < 4.78 is 0. The minimum Gasteiger partial charge on any atom is -0.396 e. The monoisotopic (exact) mass is 197 g/mol. The molecule has 0 aliphatic carbocycles. The van der Waals surface area contributed by atoms with Gasteiger partial charge in [0.2, 0.25) is 0 Å². The van der Waals surface area contributed by atoms with E-state index in [0.717, 1.165) is 19.5 Å². The van der Waals surface area contributed by atoms with Gasteiger partial charge in [-0.2, -0.15) is 4.80 Å². The highest BCUT2D eigenvalue weighted by Gasteiger charge is 2.34. The van der Waals surface area contributed by atoms with E-state index in [9.17, 15) is 5.11 Å². The number of aliphatic hydroxyl groups is 1. The number of tetrazole rings is 1. The lowest BCUT2D eigenvalue weighted by molar-refractivity contribution is 0.140. The minimum atomic E-state index is -0.0803. The Hall–Kier alpha value is -1.01. The topological polar surface area (TPSA) is 75.9 Å². The van der Waals surface area contributed by atoms with Crippen molar-refractivity contribution in [1.29, 1.82) is 0 Å². The molecule has 0 bridgehead atoms. The minimum absolute atomic E-state index is 0.0803. The Kier molecular flexibility index (Phi) is 2.47. The van der Waals surface area contributed by atoms with Crippen LogP contribution in [-0.4, -0.2) is 45.0 Å². The smallest absolute Gasteiger partial charge is 0.175 e. The number of aliphatic hydroxyl groups excluding tert-OH is 1. The summed E-state index contributed by atoms with van der Waals surface area (Å²) >= 11 is 0. The highest BCUT2D eigenvalue weighted by Crippen LogP contribution is 2.27. The second-order valence-electron chi connectivity index (χ2n) is 3.96. The van der Waals surface area contributed by atoms with Crippen molar-refractivity contribution in [3.05, 3.63) is 5.82 Å². The zero-order chi connectivity index (χ0) is 10.0. The Morgan fingerprint density at radius 3 is 3.00 bits per heavy atom. The van der Waals surface area contributed by atoms with Gasteiger partial charge in [0, 0.05) is 18.4 Å². The standard InChI is InChI=1S/C8H15N5O/c1-13-11-7(10-12-13)4-8(6-14)2-3-9-5-8/h9,14H,2-6H2,1H3. The van der Waals surface area contributed by atoms with Crippen LogP contribution in [-0.2, 0) is 13.5 Å². The SMILES string of the molecule is Cn1nnc(CC2(CO)CCNC2)n1. The molecule has 1 aromatic heterocycles. The van der Waals surface area contributed by atoms with Gasteiger partial charge >= 0.3 is 0 Å². The van der Waals surface area contributed by atoms with Crippen molar-refractivity contribution in [1.82, 2.24) is 25.5 Å². The molecule has 1 aromatic rings. The van der Waals surface area contributed by atoms with Crippen molar-refractivity contribution in [3.8, 4) is 0 Å². The molecule has 0 spiro atoms. The average Bonchev–Trinajstić information content (AvgIpc) is 2.77. The number of aryl methyl sites for hydroxylation is 1. The second-order valence-corrected chi connectivity index (χ2v) is 3.96. The van der Waals surface area contributed by atoms with E-state index in [1.165, 1.54) is 4.80 Å². The van der Waals surface area contributed by atoms with Crippen LogP contribution in [0, 0.1) is 5.41 Å². The first-order chi connectivity index (χ1) is 6.74. The fourth-order valence-corrected chi connectivity index (χ4v) is 1.87. The number of hydrogen-bond donors (Lipinski definition) is 2. The highest BCUT2D eigenvalue weighted by atomic mass is 16.3.